The van der Waals surface area contributed by atoms with Crippen molar-refractivity contribution in [1.29, 1.82) is 0 Å². The highest BCUT2D eigenvalue weighted by atomic mass is 16.5. The molecular formula is C11H14O5. The monoisotopic (exact) mass is 226 g/mol. The zero-order chi connectivity index (χ0) is 12.3. The van der Waals surface area contributed by atoms with Crippen molar-refractivity contribution in [2.75, 3.05) is 21.3 Å². The van der Waals surface area contributed by atoms with Crippen molar-refractivity contribution >= 4 is 5.97 Å². The van der Waals surface area contributed by atoms with E-state index < -0.39 is 5.97 Å². The number of carbonyl (C=O) groups is 1. The molecule has 5 nitrogen and oxygen atoms in total. The van der Waals surface area contributed by atoms with Gasteiger partial charge in [0.2, 0.25) is 0 Å². The van der Waals surface area contributed by atoms with Gasteiger partial charge in [0.15, 0.2) is 11.5 Å². The van der Waals surface area contributed by atoms with E-state index in [-0.39, 0.29) is 11.3 Å². The number of carboxylic acid groups (broad SMARTS) is 1. The van der Waals surface area contributed by atoms with Crippen LogP contribution in [-0.2, 0) is 0 Å². The van der Waals surface area contributed by atoms with Crippen molar-refractivity contribution in [2.45, 2.75) is 6.92 Å². The lowest BCUT2D eigenvalue weighted by Gasteiger charge is -2.15. The molecule has 0 radical (unpaired) electrons. The van der Waals surface area contributed by atoms with Gasteiger partial charge < -0.3 is 19.3 Å². The summed E-state index contributed by atoms with van der Waals surface area (Å²) in [5, 5.41) is 9.08. The van der Waals surface area contributed by atoms with E-state index >= 15 is 0 Å². The molecule has 0 aliphatic heterocycles. The minimum absolute atomic E-state index is 0.0835. The minimum atomic E-state index is -1.06. The lowest BCUT2D eigenvalue weighted by atomic mass is 10.1. The van der Waals surface area contributed by atoms with Crippen LogP contribution in [0.25, 0.3) is 0 Å². The second-order valence-electron chi connectivity index (χ2n) is 3.12. The molecule has 0 aliphatic carbocycles. The molecule has 1 N–H and O–H groups in total. The fourth-order valence-corrected chi connectivity index (χ4v) is 1.57. The largest absolute Gasteiger partial charge is 0.496 e. The summed E-state index contributed by atoms with van der Waals surface area (Å²) in [5.41, 5.74) is 0.561. The van der Waals surface area contributed by atoms with Crippen molar-refractivity contribution in [3.05, 3.63) is 17.2 Å². The Labute approximate surface area is 93.6 Å². The molecule has 0 heterocycles. The van der Waals surface area contributed by atoms with Gasteiger partial charge in [-0.1, -0.05) is 0 Å². The van der Waals surface area contributed by atoms with Gasteiger partial charge >= 0.3 is 5.97 Å². The van der Waals surface area contributed by atoms with Gasteiger partial charge in [0, 0.05) is 11.6 Å². The Morgan fingerprint density at radius 1 is 1.12 bits per heavy atom. The van der Waals surface area contributed by atoms with E-state index in [1.54, 1.807) is 6.92 Å². The van der Waals surface area contributed by atoms with E-state index in [4.69, 9.17) is 19.3 Å². The first-order valence-electron chi connectivity index (χ1n) is 4.59. The van der Waals surface area contributed by atoms with E-state index in [0.29, 0.717) is 17.1 Å². The minimum Gasteiger partial charge on any atom is -0.496 e. The summed E-state index contributed by atoms with van der Waals surface area (Å²) in [4.78, 5) is 11.1. The third-order valence-corrected chi connectivity index (χ3v) is 2.31. The SMILES string of the molecule is COc1cc(OC)c(C(=O)O)c(C)c1OC. The Bertz CT molecular complexity index is 411. The van der Waals surface area contributed by atoms with E-state index in [1.807, 2.05) is 0 Å². The van der Waals surface area contributed by atoms with E-state index in [9.17, 15) is 4.79 Å². The topological polar surface area (TPSA) is 65.0 Å². The molecule has 16 heavy (non-hydrogen) atoms. The third kappa shape index (κ3) is 1.88. The molecule has 1 rings (SSSR count). The van der Waals surface area contributed by atoms with Crippen molar-refractivity contribution in [3.63, 3.8) is 0 Å². The number of ether oxygens (including phenoxy) is 3. The summed E-state index contributed by atoms with van der Waals surface area (Å²) in [6.07, 6.45) is 0. The number of hydrogen-bond donors (Lipinski definition) is 1. The molecule has 0 aromatic heterocycles. The Kier molecular flexibility index (Phi) is 3.60. The molecule has 0 aliphatic rings. The fraction of sp³-hybridized carbons (Fsp3) is 0.364. The van der Waals surface area contributed by atoms with Gasteiger partial charge in [-0.05, 0) is 6.92 Å². The van der Waals surface area contributed by atoms with Crippen LogP contribution in [0.2, 0.25) is 0 Å². The van der Waals surface area contributed by atoms with Gasteiger partial charge in [-0.15, -0.1) is 0 Å². The highest BCUT2D eigenvalue weighted by Crippen LogP contribution is 2.38. The van der Waals surface area contributed by atoms with Crippen LogP contribution in [0.1, 0.15) is 15.9 Å². The number of methoxy groups -OCH3 is 3. The Balaban J connectivity index is 3.55. The van der Waals surface area contributed by atoms with Crippen LogP contribution in [0, 0.1) is 6.92 Å². The zero-order valence-corrected chi connectivity index (χ0v) is 9.66. The Hall–Kier alpha value is -1.91. The predicted molar refractivity (Wildman–Crippen MR) is 57.8 cm³/mol. The maximum atomic E-state index is 11.1. The van der Waals surface area contributed by atoms with Crippen molar-refractivity contribution in [3.8, 4) is 17.2 Å². The molecule has 0 fully saturated rings. The number of carboxylic acids is 1. The quantitative estimate of drug-likeness (QED) is 0.846. The average Bonchev–Trinajstić information content (AvgIpc) is 2.26. The Morgan fingerprint density at radius 3 is 2.06 bits per heavy atom. The third-order valence-electron chi connectivity index (χ3n) is 2.31. The van der Waals surface area contributed by atoms with Gasteiger partial charge in [0.05, 0.1) is 21.3 Å². The molecule has 1 aromatic rings. The number of aromatic carboxylic acids is 1. The van der Waals surface area contributed by atoms with E-state index in [1.165, 1.54) is 27.4 Å². The molecular weight excluding hydrogens is 212 g/mol. The van der Waals surface area contributed by atoms with Crippen LogP contribution < -0.4 is 14.2 Å². The zero-order valence-electron chi connectivity index (χ0n) is 9.66. The highest BCUT2D eigenvalue weighted by Gasteiger charge is 2.21. The van der Waals surface area contributed by atoms with Crippen LogP contribution in [0.5, 0.6) is 17.2 Å². The van der Waals surface area contributed by atoms with Gasteiger partial charge in [-0.3, -0.25) is 0 Å². The maximum Gasteiger partial charge on any atom is 0.339 e. The normalized spacial score (nSPS) is 9.75. The summed E-state index contributed by atoms with van der Waals surface area (Å²) < 4.78 is 15.2. The highest BCUT2D eigenvalue weighted by molar-refractivity contribution is 5.94. The van der Waals surface area contributed by atoms with Gasteiger partial charge in [0.1, 0.15) is 11.3 Å². The standard InChI is InChI=1S/C11H14O5/c1-6-9(11(12)13)7(14-2)5-8(15-3)10(6)16-4/h5H,1-4H3,(H,12,13). The fourth-order valence-electron chi connectivity index (χ4n) is 1.57. The first-order valence-corrected chi connectivity index (χ1v) is 4.59. The maximum absolute atomic E-state index is 11.1. The smallest absolute Gasteiger partial charge is 0.339 e. The molecule has 1 aromatic carbocycles. The van der Waals surface area contributed by atoms with E-state index in [0.717, 1.165) is 0 Å². The van der Waals surface area contributed by atoms with Crippen molar-refractivity contribution in [2.24, 2.45) is 0 Å². The second-order valence-corrected chi connectivity index (χ2v) is 3.12. The van der Waals surface area contributed by atoms with Crippen LogP contribution in [-0.4, -0.2) is 32.4 Å². The molecule has 0 bridgehead atoms. The van der Waals surface area contributed by atoms with Gasteiger partial charge in [-0.25, -0.2) is 4.79 Å². The summed E-state index contributed by atoms with van der Waals surface area (Å²) in [5.74, 6) is 0.0421. The van der Waals surface area contributed by atoms with Crippen molar-refractivity contribution in [1.82, 2.24) is 0 Å². The average molecular weight is 226 g/mol. The molecule has 0 saturated carbocycles. The lowest BCUT2D eigenvalue weighted by Crippen LogP contribution is -2.06. The van der Waals surface area contributed by atoms with Crippen LogP contribution >= 0.6 is 0 Å². The van der Waals surface area contributed by atoms with Crippen LogP contribution in [0.4, 0.5) is 0 Å². The molecule has 0 unspecified atom stereocenters. The molecule has 0 spiro atoms. The predicted octanol–water partition coefficient (Wildman–Crippen LogP) is 1.72. The lowest BCUT2D eigenvalue weighted by molar-refractivity contribution is 0.0692. The molecule has 0 saturated heterocycles. The van der Waals surface area contributed by atoms with E-state index in [2.05, 4.69) is 0 Å². The summed E-state index contributed by atoms with van der Waals surface area (Å²) in [6, 6.07) is 1.50. The first-order chi connectivity index (χ1) is 7.56. The molecule has 88 valence electrons. The van der Waals surface area contributed by atoms with Gasteiger partial charge in [-0.2, -0.15) is 0 Å². The second kappa shape index (κ2) is 4.74. The molecule has 5 heteroatoms. The van der Waals surface area contributed by atoms with Gasteiger partial charge in [0.25, 0.3) is 0 Å². The summed E-state index contributed by atoms with van der Waals surface area (Å²) in [6.45, 7) is 1.65. The molecule has 0 amide bonds. The summed E-state index contributed by atoms with van der Waals surface area (Å²) in [7, 11) is 4.35. The summed E-state index contributed by atoms with van der Waals surface area (Å²) >= 11 is 0. The number of rotatable bonds is 4. The Morgan fingerprint density at radius 2 is 1.69 bits per heavy atom. The van der Waals surface area contributed by atoms with Crippen LogP contribution in [0.15, 0.2) is 6.07 Å². The molecule has 0 atom stereocenters. The number of hydrogen-bond acceptors (Lipinski definition) is 4. The number of benzene rings is 1. The van der Waals surface area contributed by atoms with Crippen molar-refractivity contribution < 1.29 is 24.1 Å². The first kappa shape index (κ1) is 12.2. The van der Waals surface area contributed by atoms with Crippen LogP contribution in [0.3, 0.4) is 0 Å².